The second kappa shape index (κ2) is 13.2. The molecule has 2 saturated heterocycles. The number of fused-ring (bicyclic) bond motifs is 1. The lowest BCUT2D eigenvalue weighted by molar-refractivity contribution is -0.0301. The molecular formula is C32H31ClF2N4O5. The van der Waals surface area contributed by atoms with Crippen molar-refractivity contribution in [1.29, 1.82) is 5.26 Å². The average molecular weight is 625 g/mol. The SMILES string of the molecule is COc1cc(C(=O)NC2CNCC(F)(F)C2)ccc1-c1cc2nccc(-c3ccc(OC4CCOCC4)c(C#N)c3)c2o1.Cl. The molecular weight excluding hydrogens is 594 g/mol. The number of ether oxygens (including phenoxy) is 3. The van der Waals surface area contributed by atoms with Crippen LogP contribution in [0.4, 0.5) is 8.78 Å². The van der Waals surface area contributed by atoms with Gasteiger partial charge in [0, 0.05) is 55.2 Å². The summed E-state index contributed by atoms with van der Waals surface area (Å²) in [5.74, 6) is -1.97. The molecule has 0 aliphatic carbocycles. The molecule has 0 spiro atoms. The second-order valence-corrected chi connectivity index (χ2v) is 10.7. The summed E-state index contributed by atoms with van der Waals surface area (Å²) >= 11 is 0. The number of methoxy groups -OCH3 is 1. The number of hydrogen-bond donors (Lipinski definition) is 2. The molecule has 4 heterocycles. The summed E-state index contributed by atoms with van der Waals surface area (Å²) in [7, 11) is 1.48. The highest BCUT2D eigenvalue weighted by molar-refractivity contribution is 5.97. The highest BCUT2D eigenvalue weighted by Gasteiger charge is 2.37. The van der Waals surface area contributed by atoms with Crippen LogP contribution in [-0.2, 0) is 4.74 Å². The summed E-state index contributed by atoms with van der Waals surface area (Å²) in [6.45, 7) is 1.15. The molecule has 2 aromatic heterocycles. The number of carbonyl (C=O) groups excluding carboxylic acids is 1. The number of aromatic nitrogens is 1. The van der Waals surface area contributed by atoms with Gasteiger partial charge in [0.2, 0.25) is 0 Å². The molecule has 2 N–H and O–H groups in total. The van der Waals surface area contributed by atoms with Crippen LogP contribution in [0.5, 0.6) is 11.5 Å². The molecule has 12 heteroatoms. The van der Waals surface area contributed by atoms with Gasteiger partial charge in [0.1, 0.15) is 34.9 Å². The highest BCUT2D eigenvalue weighted by atomic mass is 35.5. The first-order valence-corrected chi connectivity index (χ1v) is 14.1. The zero-order valence-corrected chi connectivity index (χ0v) is 24.7. The largest absolute Gasteiger partial charge is 0.496 e. The Labute approximate surface area is 258 Å². The van der Waals surface area contributed by atoms with Crippen molar-refractivity contribution in [2.75, 3.05) is 33.4 Å². The standard InChI is InChI=1S/C32H30F2N4O5.ClH/c1-40-28-13-20(31(39)38-22-15-32(33,34)18-36-17-22)2-4-25(28)29-14-26-30(43-29)24(6-9-37-26)19-3-5-27(21(12-19)16-35)42-23-7-10-41-11-8-23;/h2-6,9,12-14,22-23,36H,7-8,10-11,15,17-18H2,1H3,(H,38,39);1H. The van der Waals surface area contributed by atoms with Gasteiger partial charge in [-0.05, 0) is 42.0 Å². The molecule has 230 valence electrons. The number of halogens is 3. The van der Waals surface area contributed by atoms with Crippen LogP contribution in [0.1, 0.15) is 35.2 Å². The van der Waals surface area contributed by atoms with Gasteiger partial charge >= 0.3 is 0 Å². The molecule has 0 bridgehead atoms. The number of pyridine rings is 1. The van der Waals surface area contributed by atoms with E-state index in [2.05, 4.69) is 21.7 Å². The molecule has 2 aromatic carbocycles. The van der Waals surface area contributed by atoms with E-state index in [1.807, 2.05) is 12.1 Å². The van der Waals surface area contributed by atoms with Crippen LogP contribution in [0.3, 0.4) is 0 Å². The fourth-order valence-electron chi connectivity index (χ4n) is 5.50. The number of hydrogen-bond acceptors (Lipinski definition) is 8. The Morgan fingerprint density at radius 2 is 1.93 bits per heavy atom. The summed E-state index contributed by atoms with van der Waals surface area (Å²) < 4.78 is 50.9. The third kappa shape index (κ3) is 6.63. The minimum absolute atomic E-state index is 0. The highest BCUT2D eigenvalue weighted by Crippen LogP contribution is 2.38. The van der Waals surface area contributed by atoms with Crippen LogP contribution < -0.4 is 20.1 Å². The van der Waals surface area contributed by atoms with Gasteiger partial charge in [-0.2, -0.15) is 5.26 Å². The molecule has 2 aliphatic heterocycles. The lowest BCUT2D eigenvalue weighted by Gasteiger charge is -2.30. The van der Waals surface area contributed by atoms with Crippen LogP contribution in [0.15, 0.2) is 59.1 Å². The van der Waals surface area contributed by atoms with E-state index < -0.39 is 30.8 Å². The van der Waals surface area contributed by atoms with Crippen molar-refractivity contribution >= 4 is 29.4 Å². The number of nitriles is 1. The molecule has 44 heavy (non-hydrogen) atoms. The monoisotopic (exact) mass is 624 g/mol. The minimum Gasteiger partial charge on any atom is -0.496 e. The Morgan fingerprint density at radius 3 is 2.68 bits per heavy atom. The van der Waals surface area contributed by atoms with Crippen LogP contribution in [0.2, 0.25) is 0 Å². The normalized spacial score (nSPS) is 18.2. The van der Waals surface area contributed by atoms with Crippen molar-refractivity contribution in [3.05, 3.63) is 65.9 Å². The van der Waals surface area contributed by atoms with Gasteiger partial charge in [0.15, 0.2) is 5.58 Å². The van der Waals surface area contributed by atoms with E-state index in [0.29, 0.717) is 52.7 Å². The number of carbonyl (C=O) groups is 1. The van der Waals surface area contributed by atoms with Gasteiger partial charge in [-0.1, -0.05) is 6.07 Å². The zero-order chi connectivity index (χ0) is 30.0. The number of alkyl halides is 2. The molecule has 2 aliphatic rings. The summed E-state index contributed by atoms with van der Waals surface area (Å²) in [4.78, 5) is 17.3. The Bertz CT molecular complexity index is 1700. The maximum atomic E-state index is 13.8. The maximum absolute atomic E-state index is 13.8. The quantitative estimate of drug-likeness (QED) is 0.267. The topological polar surface area (TPSA) is 119 Å². The van der Waals surface area contributed by atoms with E-state index in [4.69, 9.17) is 18.6 Å². The number of nitrogens with one attached hydrogen (secondary N) is 2. The smallest absolute Gasteiger partial charge is 0.262 e. The molecule has 6 rings (SSSR count). The first-order valence-electron chi connectivity index (χ1n) is 14.1. The number of furan rings is 1. The number of amides is 1. The number of piperidine rings is 1. The minimum atomic E-state index is -2.87. The number of nitrogens with zero attached hydrogens (tertiary/aromatic N) is 2. The van der Waals surface area contributed by atoms with E-state index in [1.54, 1.807) is 42.6 Å². The van der Waals surface area contributed by atoms with Crippen LogP contribution in [-0.4, -0.2) is 62.4 Å². The molecule has 1 atom stereocenters. The van der Waals surface area contributed by atoms with Crippen LogP contribution in [0.25, 0.3) is 33.6 Å². The fourth-order valence-corrected chi connectivity index (χ4v) is 5.50. The number of benzene rings is 2. The van der Waals surface area contributed by atoms with Crippen LogP contribution >= 0.6 is 12.4 Å². The van der Waals surface area contributed by atoms with E-state index >= 15 is 0 Å². The Morgan fingerprint density at radius 1 is 1.11 bits per heavy atom. The fraction of sp³-hybridized carbons (Fsp3) is 0.344. The van der Waals surface area contributed by atoms with Crippen molar-refractivity contribution in [1.82, 2.24) is 15.6 Å². The van der Waals surface area contributed by atoms with Gasteiger partial charge in [0.05, 0.1) is 38.0 Å². The molecule has 4 aromatic rings. The van der Waals surface area contributed by atoms with Gasteiger partial charge in [0.25, 0.3) is 11.8 Å². The maximum Gasteiger partial charge on any atom is 0.262 e. The molecule has 1 amide bonds. The summed E-state index contributed by atoms with van der Waals surface area (Å²) in [6, 6.07) is 15.5. The van der Waals surface area contributed by atoms with Crippen molar-refractivity contribution in [2.45, 2.75) is 37.3 Å². The van der Waals surface area contributed by atoms with Crippen LogP contribution in [0, 0.1) is 11.3 Å². The lowest BCUT2D eigenvalue weighted by atomic mass is 10.0. The van der Waals surface area contributed by atoms with Crippen molar-refractivity contribution in [2.24, 2.45) is 0 Å². The summed E-state index contributed by atoms with van der Waals surface area (Å²) in [5.41, 5.74) is 3.92. The molecule has 2 fully saturated rings. The second-order valence-electron chi connectivity index (χ2n) is 10.7. The first kappa shape index (κ1) is 31.2. The van der Waals surface area contributed by atoms with Gasteiger partial charge in [-0.15, -0.1) is 12.4 Å². The first-order chi connectivity index (χ1) is 20.8. The van der Waals surface area contributed by atoms with Gasteiger partial charge in [-0.3, -0.25) is 9.78 Å². The molecule has 0 radical (unpaired) electrons. The van der Waals surface area contributed by atoms with Gasteiger partial charge < -0.3 is 29.3 Å². The van der Waals surface area contributed by atoms with Crippen molar-refractivity contribution < 1.29 is 32.2 Å². The van der Waals surface area contributed by atoms with Crippen molar-refractivity contribution in [3.8, 4) is 40.0 Å². The third-order valence-electron chi connectivity index (χ3n) is 7.67. The third-order valence-corrected chi connectivity index (χ3v) is 7.67. The molecule has 0 saturated carbocycles. The Kier molecular flexibility index (Phi) is 9.34. The van der Waals surface area contributed by atoms with E-state index in [-0.39, 0.29) is 30.6 Å². The zero-order valence-electron chi connectivity index (χ0n) is 23.9. The number of rotatable bonds is 7. The Balaban J connectivity index is 0.00000384. The predicted molar refractivity (Wildman–Crippen MR) is 162 cm³/mol. The summed E-state index contributed by atoms with van der Waals surface area (Å²) in [6.07, 6.45) is 2.81. The lowest BCUT2D eigenvalue weighted by Crippen LogP contribution is -2.53. The molecule has 1 unspecified atom stereocenters. The predicted octanol–water partition coefficient (Wildman–Crippen LogP) is 5.75. The Hall–Kier alpha value is -4.24. The average Bonchev–Trinajstić information content (AvgIpc) is 3.45. The van der Waals surface area contributed by atoms with E-state index in [0.717, 1.165) is 24.0 Å². The van der Waals surface area contributed by atoms with E-state index in [1.165, 1.54) is 7.11 Å². The molecule has 9 nitrogen and oxygen atoms in total. The van der Waals surface area contributed by atoms with Crippen molar-refractivity contribution in [3.63, 3.8) is 0 Å². The summed E-state index contributed by atoms with van der Waals surface area (Å²) in [5, 5.41) is 15.2. The van der Waals surface area contributed by atoms with Gasteiger partial charge in [-0.25, -0.2) is 8.78 Å². The van der Waals surface area contributed by atoms with E-state index in [9.17, 15) is 18.8 Å².